The van der Waals surface area contributed by atoms with E-state index in [1.54, 1.807) is 0 Å². The second kappa shape index (κ2) is 7.31. The van der Waals surface area contributed by atoms with Gasteiger partial charge in [0, 0.05) is 32.4 Å². The molecule has 1 rings (SSSR count). The van der Waals surface area contributed by atoms with Crippen molar-refractivity contribution in [3.63, 3.8) is 0 Å². The third-order valence-corrected chi connectivity index (χ3v) is 2.98. The number of rotatable bonds is 7. The van der Waals surface area contributed by atoms with E-state index in [9.17, 15) is 0 Å². The van der Waals surface area contributed by atoms with Crippen molar-refractivity contribution in [1.29, 1.82) is 0 Å². The molecule has 0 aromatic heterocycles. The van der Waals surface area contributed by atoms with E-state index in [4.69, 9.17) is 14.2 Å². The topological polar surface area (TPSA) is 39.7 Å². The number of hydrogen-bond donors (Lipinski definition) is 1. The molecule has 4 heteroatoms. The fourth-order valence-electron chi connectivity index (χ4n) is 2.21. The van der Waals surface area contributed by atoms with Gasteiger partial charge in [-0.15, -0.1) is 0 Å². The predicted molar refractivity (Wildman–Crippen MR) is 68.1 cm³/mol. The molecular weight excluding hydrogens is 218 g/mol. The van der Waals surface area contributed by atoms with E-state index in [1.165, 1.54) is 0 Å². The Labute approximate surface area is 105 Å². The van der Waals surface area contributed by atoms with Gasteiger partial charge < -0.3 is 19.5 Å². The normalized spacial score (nSPS) is 24.2. The van der Waals surface area contributed by atoms with Crippen LogP contribution in [0.15, 0.2) is 0 Å². The Morgan fingerprint density at radius 1 is 1.29 bits per heavy atom. The van der Waals surface area contributed by atoms with Gasteiger partial charge in [0.2, 0.25) is 0 Å². The number of hydrogen-bond acceptors (Lipinski definition) is 4. The highest BCUT2D eigenvalue weighted by Crippen LogP contribution is 2.23. The van der Waals surface area contributed by atoms with Gasteiger partial charge in [-0.2, -0.15) is 0 Å². The molecule has 0 aliphatic carbocycles. The first-order valence-corrected chi connectivity index (χ1v) is 6.68. The maximum absolute atomic E-state index is 5.69. The fraction of sp³-hybridized carbons (Fsp3) is 1.00. The molecule has 0 aromatic carbocycles. The summed E-state index contributed by atoms with van der Waals surface area (Å²) in [6.07, 6.45) is 1.97. The van der Waals surface area contributed by atoms with Gasteiger partial charge in [0.25, 0.3) is 0 Å². The minimum Gasteiger partial charge on any atom is -0.375 e. The third kappa shape index (κ3) is 5.82. The second-order valence-electron chi connectivity index (χ2n) is 5.05. The van der Waals surface area contributed by atoms with Crippen molar-refractivity contribution in [2.45, 2.75) is 58.5 Å². The highest BCUT2D eigenvalue weighted by atomic mass is 16.7. The first-order chi connectivity index (χ1) is 8.07. The SMILES string of the molecule is CCOC(CNC1CCOC(C)(C)C1)OCC. The molecule has 1 heterocycles. The standard InChI is InChI=1S/C13H27NO3/c1-5-15-12(16-6-2)10-14-11-7-8-17-13(3,4)9-11/h11-12,14H,5-10H2,1-4H3. The zero-order valence-corrected chi connectivity index (χ0v) is 11.6. The van der Waals surface area contributed by atoms with Crippen LogP contribution in [0.3, 0.4) is 0 Å². The van der Waals surface area contributed by atoms with Crippen molar-refractivity contribution in [2.75, 3.05) is 26.4 Å². The van der Waals surface area contributed by atoms with E-state index in [-0.39, 0.29) is 11.9 Å². The average molecular weight is 245 g/mol. The van der Waals surface area contributed by atoms with Crippen molar-refractivity contribution >= 4 is 0 Å². The highest BCUT2D eigenvalue weighted by molar-refractivity contribution is 4.83. The van der Waals surface area contributed by atoms with Crippen molar-refractivity contribution in [2.24, 2.45) is 0 Å². The van der Waals surface area contributed by atoms with Crippen LogP contribution in [0.2, 0.25) is 0 Å². The third-order valence-electron chi connectivity index (χ3n) is 2.98. The molecule has 102 valence electrons. The summed E-state index contributed by atoms with van der Waals surface area (Å²) in [7, 11) is 0. The van der Waals surface area contributed by atoms with E-state index >= 15 is 0 Å². The first kappa shape index (κ1) is 14.9. The molecule has 1 unspecified atom stereocenters. The Balaban J connectivity index is 2.27. The fourth-order valence-corrected chi connectivity index (χ4v) is 2.21. The molecule has 17 heavy (non-hydrogen) atoms. The van der Waals surface area contributed by atoms with Gasteiger partial charge in [-0.3, -0.25) is 0 Å². The lowest BCUT2D eigenvalue weighted by Gasteiger charge is -2.36. The summed E-state index contributed by atoms with van der Waals surface area (Å²) in [5.41, 5.74) is -0.0113. The van der Waals surface area contributed by atoms with E-state index in [1.807, 2.05) is 13.8 Å². The molecule has 1 aliphatic heterocycles. The Hall–Kier alpha value is -0.160. The van der Waals surface area contributed by atoms with E-state index in [0.717, 1.165) is 26.0 Å². The minimum atomic E-state index is -0.129. The monoisotopic (exact) mass is 245 g/mol. The maximum Gasteiger partial charge on any atom is 0.169 e. The lowest BCUT2D eigenvalue weighted by Crippen LogP contribution is -2.46. The maximum atomic E-state index is 5.69. The van der Waals surface area contributed by atoms with Gasteiger partial charge in [-0.1, -0.05) is 0 Å². The molecule has 0 aromatic rings. The summed E-state index contributed by atoms with van der Waals surface area (Å²) in [5.74, 6) is 0. The van der Waals surface area contributed by atoms with Crippen LogP contribution < -0.4 is 5.32 Å². The van der Waals surface area contributed by atoms with E-state index < -0.39 is 0 Å². The first-order valence-electron chi connectivity index (χ1n) is 6.68. The summed E-state index contributed by atoms with van der Waals surface area (Å²) < 4.78 is 16.7. The van der Waals surface area contributed by atoms with Gasteiger partial charge in [0.15, 0.2) is 6.29 Å². The smallest absolute Gasteiger partial charge is 0.169 e. The van der Waals surface area contributed by atoms with E-state index in [0.29, 0.717) is 19.3 Å². The predicted octanol–water partition coefficient (Wildman–Crippen LogP) is 1.93. The largest absolute Gasteiger partial charge is 0.375 e. The lowest BCUT2D eigenvalue weighted by atomic mass is 9.94. The molecule has 0 radical (unpaired) electrons. The Morgan fingerprint density at radius 2 is 1.94 bits per heavy atom. The van der Waals surface area contributed by atoms with Gasteiger partial charge in [-0.05, 0) is 40.5 Å². The zero-order chi connectivity index (χ0) is 12.7. The quantitative estimate of drug-likeness (QED) is 0.696. The number of ether oxygens (including phenoxy) is 3. The molecule has 1 saturated heterocycles. The van der Waals surface area contributed by atoms with Crippen LogP contribution in [0.25, 0.3) is 0 Å². The summed E-state index contributed by atoms with van der Waals surface area (Å²) in [6, 6.07) is 0.502. The molecule has 4 nitrogen and oxygen atoms in total. The van der Waals surface area contributed by atoms with Gasteiger partial charge in [-0.25, -0.2) is 0 Å². The molecule has 1 N–H and O–H groups in total. The van der Waals surface area contributed by atoms with Crippen molar-refractivity contribution < 1.29 is 14.2 Å². The molecule has 0 saturated carbocycles. The van der Waals surface area contributed by atoms with Gasteiger partial charge in [0.1, 0.15) is 0 Å². The highest BCUT2D eigenvalue weighted by Gasteiger charge is 2.28. The molecule has 0 amide bonds. The van der Waals surface area contributed by atoms with Crippen LogP contribution in [0.4, 0.5) is 0 Å². The summed E-state index contributed by atoms with van der Waals surface area (Å²) in [6.45, 7) is 11.2. The second-order valence-corrected chi connectivity index (χ2v) is 5.05. The number of nitrogens with one attached hydrogen (secondary N) is 1. The van der Waals surface area contributed by atoms with E-state index in [2.05, 4.69) is 19.2 Å². The van der Waals surface area contributed by atoms with Crippen LogP contribution in [-0.4, -0.2) is 44.3 Å². The Morgan fingerprint density at radius 3 is 2.47 bits per heavy atom. The molecule has 1 atom stereocenters. The molecule has 1 aliphatic rings. The van der Waals surface area contributed by atoms with Crippen LogP contribution in [0, 0.1) is 0 Å². The van der Waals surface area contributed by atoms with Crippen molar-refractivity contribution in [3.8, 4) is 0 Å². The summed E-state index contributed by atoms with van der Waals surface area (Å²) in [4.78, 5) is 0. The molecule has 1 fully saturated rings. The summed E-state index contributed by atoms with van der Waals surface area (Å²) >= 11 is 0. The van der Waals surface area contributed by atoms with Crippen LogP contribution in [0.1, 0.15) is 40.5 Å². The minimum absolute atomic E-state index is 0.0113. The molecule has 0 spiro atoms. The summed E-state index contributed by atoms with van der Waals surface area (Å²) in [5, 5.41) is 3.52. The van der Waals surface area contributed by atoms with Gasteiger partial charge in [0.05, 0.1) is 5.60 Å². The van der Waals surface area contributed by atoms with Crippen molar-refractivity contribution in [1.82, 2.24) is 5.32 Å². The van der Waals surface area contributed by atoms with Crippen LogP contribution in [-0.2, 0) is 14.2 Å². The van der Waals surface area contributed by atoms with Crippen molar-refractivity contribution in [3.05, 3.63) is 0 Å². The molecule has 0 bridgehead atoms. The zero-order valence-electron chi connectivity index (χ0n) is 11.6. The Bertz CT molecular complexity index is 203. The Kier molecular flexibility index (Phi) is 6.41. The average Bonchev–Trinajstić information content (AvgIpc) is 2.25. The van der Waals surface area contributed by atoms with Crippen LogP contribution in [0.5, 0.6) is 0 Å². The molecular formula is C13H27NO3. The van der Waals surface area contributed by atoms with Gasteiger partial charge >= 0.3 is 0 Å². The van der Waals surface area contributed by atoms with Crippen LogP contribution >= 0.6 is 0 Å². The lowest BCUT2D eigenvalue weighted by molar-refractivity contribution is -0.136.